The van der Waals surface area contributed by atoms with Crippen LogP contribution in [0.5, 0.6) is 0 Å². The number of rotatable bonds is 6. The van der Waals surface area contributed by atoms with Crippen LogP contribution in [0.3, 0.4) is 0 Å². The normalized spacial score (nSPS) is 17.2. The summed E-state index contributed by atoms with van der Waals surface area (Å²) in [5.41, 5.74) is 0. The Bertz CT molecular complexity index is 149. The van der Waals surface area contributed by atoms with Crippen molar-refractivity contribution in [2.24, 2.45) is 0 Å². The molecule has 138 valence electrons. The summed E-state index contributed by atoms with van der Waals surface area (Å²) in [6, 6.07) is 0. The quantitative estimate of drug-likeness (QED) is 0.448. The Morgan fingerprint density at radius 1 is 0.391 bits per heavy atom. The smallest absolute Gasteiger partial charge is 0.852 e. The SMILES string of the molecule is CC([O-])CC(C)[O-].CC([O-])CC(C)[O-].CC([O-])CC(C)[O-].[Cr+3].[Cr+3]. The van der Waals surface area contributed by atoms with E-state index in [9.17, 15) is 30.6 Å². The van der Waals surface area contributed by atoms with Gasteiger partial charge in [0.25, 0.3) is 0 Å². The first-order valence-electron chi connectivity index (χ1n) is 7.33. The second kappa shape index (κ2) is 22.8. The molecule has 0 aromatic rings. The van der Waals surface area contributed by atoms with Gasteiger partial charge in [0.15, 0.2) is 0 Å². The Hall–Kier alpha value is 0.825. The molecule has 6 atom stereocenters. The minimum absolute atomic E-state index is 0. The summed E-state index contributed by atoms with van der Waals surface area (Å²) in [4.78, 5) is 0. The molecule has 0 bridgehead atoms. The zero-order chi connectivity index (χ0) is 17.6. The van der Waals surface area contributed by atoms with Crippen molar-refractivity contribution in [1.29, 1.82) is 0 Å². The maximum Gasteiger partial charge on any atom is 3.00 e. The van der Waals surface area contributed by atoms with Gasteiger partial charge < -0.3 is 30.6 Å². The summed E-state index contributed by atoms with van der Waals surface area (Å²) < 4.78 is 0. The van der Waals surface area contributed by atoms with Crippen molar-refractivity contribution in [3.63, 3.8) is 0 Å². The molecule has 0 aromatic carbocycles. The van der Waals surface area contributed by atoms with E-state index in [1.807, 2.05) is 0 Å². The van der Waals surface area contributed by atoms with E-state index in [0.29, 0.717) is 0 Å². The second-order valence-corrected chi connectivity index (χ2v) is 5.57. The number of hydrogen-bond donors (Lipinski definition) is 0. The van der Waals surface area contributed by atoms with Gasteiger partial charge in [0, 0.05) is 0 Å². The van der Waals surface area contributed by atoms with E-state index in [1.165, 1.54) is 41.5 Å². The van der Waals surface area contributed by atoms with E-state index in [0.717, 1.165) is 0 Å². The van der Waals surface area contributed by atoms with Gasteiger partial charge in [-0.25, -0.2) is 0 Å². The second-order valence-electron chi connectivity index (χ2n) is 5.57. The number of hydrogen-bond acceptors (Lipinski definition) is 6. The molecule has 0 aliphatic rings. The molecule has 6 unspecified atom stereocenters. The van der Waals surface area contributed by atoms with Gasteiger partial charge in [0.05, 0.1) is 0 Å². The zero-order valence-electron chi connectivity index (χ0n) is 14.9. The van der Waals surface area contributed by atoms with Gasteiger partial charge in [-0.1, -0.05) is 60.8 Å². The summed E-state index contributed by atoms with van der Waals surface area (Å²) in [7, 11) is 0. The Kier molecular flexibility index (Phi) is 34.8. The minimum Gasteiger partial charge on any atom is -0.852 e. The standard InChI is InChI=1S/3C5H10O2.2Cr/c3*1-4(6)3-5(2)7;;/h3*4-5H,3H2,1-2H3;;/q3*-2;2*+3. The zero-order valence-corrected chi connectivity index (χ0v) is 17.4. The van der Waals surface area contributed by atoms with Crippen molar-refractivity contribution in [2.75, 3.05) is 0 Å². The van der Waals surface area contributed by atoms with Crippen LogP contribution in [-0.2, 0) is 34.7 Å². The summed E-state index contributed by atoms with van der Waals surface area (Å²) >= 11 is 0. The first-order chi connectivity index (χ1) is 9.38. The molecule has 8 heteroatoms. The Labute approximate surface area is 162 Å². The monoisotopic (exact) mass is 410 g/mol. The fourth-order valence-corrected chi connectivity index (χ4v) is 1.40. The third-order valence-electron chi connectivity index (χ3n) is 1.99. The van der Waals surface area contributed by atoms with Gasteiger partial charge in [-0.15, -0.1) is 36.6 Å². The van der Waals surface area contributed by atoms with E-state index >= 15 is 0 Å². The average molecular weight is 410 g/mol. The van der Waals surface area contributed by atoms with Crippen molar-refractivity contribution in [1.82, 2.24) is 0 Å². The van der Waals surface area contributed by atoms with Crippen LogP contribution < -0.4 is 30.6 Å². The molecule has 6 nitrogen and oxygen atoms in total. The van der Waals surface area contributed by atoms with E-state index in [-0.39, 0.29) is 54.0 Å². The van der Waals surface area contributed by atoms with E-state index in [1.54, 1.807) is 0 Å². The molecule has 0 aromatic heterocycles. The molecular formula is C15H30Cr2O6. The van der Waals surface area contributed by atoms with Gasteiger partial charge >= 0.3 is 34.7 Å². The summed E-state index contributed by atoms with van der Waals surface area (Å²) in [5.74, 6) is 0. The molecule has 0 fully saturated rings. The Morgan fingerprint density at radius 3 is 0.478 bits per heavy atom. The van der Waals surface area contributed by atoms with E-state index in [4.69, 9.17) is 0 Å². The van der Waals surface area contributed by atoms with Crippen LogP contribution in [0.25, 0.3) is 0 Å². The average Bonchev–Trinajstić information content (AvgIpc) is 2.10. The van der Waals surface area contributed by atoms with Crippen molar-refractivity contribution >= 4 is 0 Å². The molecule has 0 saturated carbocycles. The van der Waals surface area contributed by atoms with Gasteiger partial charge in [0.2, 0.25) is 0 Å². The van der Waals surface area contributed by atoms with Crippen LogP contribution in [0.4, 0.5) is 0 Å². The maximum absolute atomic E-state index is 10.1. The Balaban J connectivity index is -0.0000000675. The Morgan fingerprint density at radius 2 is 0.478 bits per heavy atom. The summed E-state index contributed by atoms with van der Waals surface area (Å²) in [6.07, 6.45) is -3.38. The van der Waals surface area contributed by atoms with Crippen molar-refractivity contribution < 1.29 is 65.4 Å². The molecular weight excluding hydrogens is 380 g/mol. The van der Waals surface area contributed by atoms with Crippen LogP contribution in [0.15, 0.2) is 0 Å². The third kappa shape index (κ3) is 60.2. The molecule has 0 spiro atoms. The van der Waals surface area contributed by atoms with Gasteiger partial charge in [0.1, 0.15) is 0 Å². The minimum atomic E-state index is -0.688. The first-order valence-corrected chi connectivity index (χ1v) is 7.33. The summed E-state index contributed by atoms with van der Waals surface area (Å²) in [6.45, 7) is 9.05. The molecule has 0 heterocycles. The van der Waals surface area contributed by atoms with Crippen LogP contribution in [0, 0.1) is 0 Å². The molecule has 0 aliphatic carbocycles. The van der Waals surface area contributed by atoms with Crippen molar-refractivity contribution in [3.05, 3.63) is 0 Å². The molecule has 0 aliphatic heterocycles. The fraction of sp³-hybridized carbons (Fsp3) is 1.00. The predicted octanol–water partition coefficient (Wildman–Crippen LogP) is -3.38. The maximum atomic E-state index is 10.1. The van der Waals surface area contributed by atoms with Crippen molar-refractivity contribution in [3.8, 4) is 0 Å². The summed E-state index contributed by atoms with van der Waals surface area (Å²) in [5, 5.41) is 60.8. The molecule has 2 radical (unpaired) electrons. The van der Waals surface area contributed by atoms with Crippen LogP contribution >= 0.6 is 0 Å². The third-order valence-corrected chi connectivity index (χ3v) is 1.99. The van der Waals surface area contributed by atoms with Gasteiger partial charge in [-0.2, -0.15) is 0 Å². The predicted molar refractivity (Wildman–Crippen MR) is 70.6 cm³/mol. The molecule has 0 saturated heterocycles. The van der Waals surface area contributed by atoms with Crippen molar-refractivity contribution in [2.45, 2.75) is 97.4 Å². The molecule has 0 rings (SSSR count). The van der Waals surface area contributed by atoms with Gasteiger partial charge in [-0.05, 0) is 0 Å². The van der Waals surface area contributed by atoms with Gasteiger partial charge in [-0.3, -0.25) is 0 Å². The molecule has 23 heavy (non-hydrogen) atoms. The topological polar surface area (TPSA) is 138 Å². The van der Waals surface area contributed by atoms with Crippen LogP contribution in [0.1, 0.15) is 60.8 Å². The van der Waals surface area contributed by atoms with Crippen LogP contribution in [-0.4, -0.2) is 36.6 Å². The van der Waals surface area contributed by atoms with E-state index < -0.39 is 36.6 Å². The van der Waals surface area contributed by atoms with E-state index in [2.05, 4.69) is 0 Å². The van der Waals surface area contributed by atoms with Crippen LogP contribution in [0.2, 0.25) is 0 Å². The first kappa shape index (κ1) is 35.0. The largest absolute Gasteiger partial charge is 3.00 e. The molecule has 0 amide bonds. The molecule has 0 N–H and O–H groups in total. The fourth-order valence-electron chi connectivity index (χ4n) is 1.40.